The lowest BCUT2D eigenvalue weighted by atomic mass is 10.3. The summed E-state index contributed by atoms with van der Waals surface area (Å²) in [5.41, 5.74) is 0.590. The third-order valence-corrected chi connectivity index (χ3v) is 3.62. The summed E-state index contributed by atoms with van der Waals surface area (Å²) in [4.78, 5) is 14.5. The molecule has 0 spiro atoms. The molecule has 0 aliphatic heterocycles. The van der Waals surface area contributed by atoms with Crippen molar-refractivity contribution >= 4 is 55.9 Å². The fourth-order valence-electron chi connectivity index (χ4n) is 1.16. The van der Waals surface area contributed by atoms with Gasteiger partial charge >= 0.3 is 5.97 Å². The number of aromatic nitrogens is 1. The molecule has 16 heavy (non-hydrogen) atoms. The molecule has 0 amide bonds. The van der Waals surface area contributed by atoms with Gasteiger partial charge in [0.1, 0.15) is 12.1 Å². The van der Waals surface area contributed by atoms with Crippen LogP contribution in [0.1, 0.15) is 0 Å². The number of carboxylic acids is 1. The number of nitrogens with zero attached hydrogens (tertiary/aromatic N) is 1. The van der Waals surface area contributed by atoms with Crippen molar-refractivity contribution in [2.75, 3.05) is 11.9 Å². The van der Waals surface area contributed by atoms with Crippen LogP contribution in [0.5, 0.6) is 0 Å². The first-order chi connectivity index (χ1) is 7.58. The van der Waals surface area contributed by atoms with Crippen molar-refractivity contribution in [3.8, 4) is 0 Å². The summed E-state index contributed by atoms with van der Waals surface area (Å²) in [5.74, 6) is -0.941. The highest BCUT2D eigenvalue weighted by Crippen LogP contribution is 2.35. The van der Waals surface area contributed by atoms with Gasteiger partial charge in [-0.1, -0.05) is 34.5 Å². The van der Waals surface area contributed by atoms with Crippen LogP contribution >= 0.6 is 34.5 Å². The Balaban J connectivity index is 2.36. The molecule has 7 heteroatoms. The van der Waals surface area contributed by atoms with Gasteiger partial charge in [0.25, 0.3) is 0 Å². The van der Waals surface area contributed by atoms with Crippen molar-refractivity contribution in [2.45, 2.75) is 0 Å². The minimum atomic E-state index is -0.941. The number of carbonyl (C=O) groups is 1. The predicted molar refractivity (Wildman–Crippen MR) is 65.8 cm³/mol. The molecule has 0 radical (unpaired) electrons. The Morgan fingerprint density at radius 1 is 1.50 bits per heavy atom. The van der Waals surface area contributed by atoms with Crippen LogP contribution in [0.3, 0.4) is 0 Å². The fraction of sp³-hybridized carbons (Fsp3) is 0.111. The molecule has 0 bridgehead atoms. The van der Waals surface area contributed by atoms with E-state index < -0.39 is 5.97 Å². The Bertz CT molecular complexity index is 556. The lowest BCUT2D eigenvalue weighted by Crippen LogP contribution is -2.11. The zero-order valence-electron chi connectivity index (χ0n) is 7.83. The standard InChI is InChI=1S/C9H6Cl2N2O2S/c10-4-1-2-5-8(7(4)11)13-9(16-5)12-3-6(14)15/h1-2H,3H2,(H,12,13)(H,14,15). The summed E-state index contributed by atoms with van der Waals surface area (Å²) in [6.07, 6.45) is 0. The molecule has 1 aromatic heterocycles. The zero-order chi connectivity index (χ0) is 11.7. The summed E-state index contributed by atoms with van der Waals surface area (Å²) in [5, 5.41) is 12.5. The Morgan fingerprint density at radius 3 is 2.94 bits per heavy atom. The first-order valence-electron chi connectivity index (χ1n) is 4.28. The topological polar surface area (TPSA) is 62.2 Å². The van der Waals surface area contributed by atoms with Gasteiger partial charge < -0.3 is 10.4 Å². The highest BCUT2D eigenvalue weighted by molar-refractivity contribution is 7.22. The number of anilines is 1. The van der Waals surface area contributed by atoms with E-state index in [4.69, 9.17) is 28.3 Å². The largest absolute Gasteiger partial charge is 0.480 e. The number of benzene rings is 1. The number of fused-ring (bicyclic) bond motifs is 1. The van der Waals surface area contributed by atoms with Crippen LogP contribution in [0, 0.1) is 0 Å². The smallest absolute Gasteiger partial charge is 0.322 e. The first-order valence-corrected chi connectivity index (χ1v) is 5.85. The molecule has 2 N–H and O–H groups in total. The van der Waals surface area contributed by atoms with Crippen molar-refractivity contribution in [1.82, 2.24) is 4.98 Å². The summed E-state index contributed by atoms with van der Waals surface area (Å²) in [6.45, 7) is -0.175. The van der Waals surface area contributed by atoms with E-state index in [1.165, 1.54) is 11.3 Å². The number of carboxylic acid groups (broad SMARTS) is 1. The third-order valence-electron chi connectivity index (χ3n) is 1.84. The van der Waals surface area contributed by atoms with E-state index >= 15 is 0 Å². The fourth-order valence-corrected chi connectivity index (χ4v) is 2.45. The van der Waals surface area contributed by atoms with E-state index in [9.17, 15) is 4.79 Å². The van der Waals surface area contributed by atoms with Crippen LogP contribution in [0.2, 0.25) is 10.0 Å². The van der Waals surface area contributed by atoms with Crippen LogP contribution in [-0.4, -0.2) is 22.6 Å². The second-order valence-corrected chi connectivity index (χ2v) is 4.79. The molecule has 0 aliphatic rings. The molecular weight excluding hydrogens is 271 g/mol. The van der Waals surface area contributed by atoms with Crippen molar-refractivity contribution in [3.05, 3.63) is 22.2 Å². The Morgan fingerprint density at radius 2 is 2.25 bits per heavy atom. The SMILES string of the molecule is O=C(O)CNc1nc2c(Cl)c(Cl)ccc2s1. The Kier molecular flexibility index (Phi) is 3.18. The normalized spacial score (nSPS) is 10.6. The molecule has 0 saturated heterocycles. The molecule has 0 aliphatic carbocycles. The molecule has 0 fully saturated rings. The quantitative estimate of drug-likeness (QED) is 0.904. The van der Waals surface area contributed by atoms with Crippen LogP contribution < -0.4 is 5.32 Å². The van der Waals surface area contributed by atoms with Crippen molar-refractivity contribution in [3.63, 3.8) is 0 Å². The van der Waals surface area contributed by atoms with Crippen LogP contribution in [-0.2, 0) is 4.79 Å². The number of halogens is 2. The van der Waals surface area contributed by atoms with Crippen LogP contribution in [0.15, 0.2) is 12.1 Å². The van der Waals surface area contributed by atoms with Crippen LogP contribution in [0.4, 0.5) is 5.13 Å². The average molecular weight is 277 g/mol. The van der Waals surface area contributed by atoms with E-state index in [1.54, 1.807) is 12.1 Å². The van der Waals surface area contributed by atoms with Gasteiger partial charge in [0.2, 0.25) is 0 Å². The molecule has 84 valence electrons. The van der Waals surface area contributed by atoms with E-state index in [0.29, 0.717) is 20.7 Å². The molecule has 2 rings (SSSR count). The number of hydrogen-bond donors (Lipinski definition) is 2. The Labute approximate surface area is 105 Å². The zero-order valence-corrected chi connectivity index (χ0v) is 10.2. The number of nitrogens with one attached hydrogen (secondary N) is 1. The van der Waals surface area contributed by atoms with Gasteiger partial charge in [-0.3, -0.25) is 4.79 Å². The molecule has 0 atom stereocenters. The highest BCUT2D eigenvalue weighted by Gasteiger charge is 2.10. The minimum Gasteiger partial charge on any atom is -0.480 e. The van der Waals surface area contributed by atoms with Crippen LogP contribution in [0.25, 0.3) is 10.2 Å². The minimum absolute atomic E-state index is 0.175. The third kappa shape index (κ3) is 2.21. The average Bonchev–Trinajstić information content (AvgIpc) is 2.64. The second kappa shape index (κ2) is 4.45. The number of rotatable bonds is 3. The maximum atomic E-state index is 10.4. The monoisotopic (exact) mass is 276 g/mol. The highest BCUT2D eigenvalue weighted by atomic mass is 35.5. The summed E-state index contributed by atoms with van der Waals surface area (Å²) >= 11 is 13.1. The summed E-state index contributed by atoms with van der Waals surface area (Å²) < 4.78 is 0.863. The van der Waals surface area contributed by atoms with Gasteiger partial charge in [-0.25, -0.2) is 4.98 Å². The molecule has 1 aromatic carbocycles. The maximum absolute atomic E-state index is 10.4. The molecule has 4 nitrogen and oxygen atoms in total. The second-order valence-electron chi connectivity index (χ2n) is 2.97. The summed E-state index contributed by atoms with van der Waals surface area (Å²) in [7, 11) is 0. The molecule has 0 unspecified atom stereocenters. The number of thiazole rings is 1. The van der Waals surface area contributed by atoms with E-state index in [0.717, 1.165) is 4.70 Å². The molecule has 2 aromatic rings. The van der Waals surface area contributed by atoms with Gasteiger partial charge in [0.15, 0.2) is 5.13 Å². The predicted octanol–water partition coefficient (Wildman–Crippen LogP) is 3.10. The lowest BCUT2D eigenvalue weighted by molar-refractivity contribution is -0.134. The number of aliphatic carboxylic acids is 1. The maximum Gasteiger partial charge on any atom is 0.322 e. The van der Waals surface area contributed by atoms with Gasteiger partial charge in [-0.15, -0.1) is 0 Å². The van der Waals surface area contributed by atoms with Gasteiger partial charge in [-0.2, -0.15) is 0 Å². The summed E-state index contributed by atoms with van der Waals surface area (Å²) in [6, 6.07) is 3.48. The van der Waals surface area contributed by atoms with Gasteiger partial charge in [0, 0.05) is 0 Å². The van der Waals surface area contributed by atoms with Gasteiger partial charge in [0.05, 0.1) is 14.7 Å². The molecular formula is C9H6Cl2N2O2S. The van der Waals surface area contributed by atoms with E-state index in [2.05, 4.69) is 10.3 Å². The van der Waals surface area contributed by atoms with E-state index in [1.807, 2.05) is 0 Å². The first kappa shape index (κ1) is 11.4. The molecule has 0 saturated carbocycles. The number of hydrogen-bond acceptors (Lipinski definition) is 4. The van der Waals surface area contributed by atoms with Crippen molar-refractivity contribution in [2.24, 2.45) is 0 Å². The van der Waals surface area contributed by atoms with Crippen molar-refractivity contribution in [1.29, 1.82) is 0 Å². The lowest BCUT2D eigenvalue weighted by Gasteiger charge is -1.95. The Hall–Kier alpha value is -1.04. The van der Waals surface area contributed by atoms with E-state index in [-0.39, 0.29) is 6.54 Å². The van der Waals surface area contributed by atoms with Crippen molar-refractivity contribution < 1.29 is 9.90 Å². The molecule has 1 heterocycles. The van der Waals surface area contributed by atoms with Gasteiger partial charge in [-0.05, 0) is 12.1 Å².